The Morgan fingerprint density at radius 3 is 2.75 bits per heavy atom. The highest BCUT2D eigenvalue weighted by Gasteiger charge is 2.05. The van der Waals surface area contributed by atoms with Crippen molar-refractivity contribution in [3.63, 3.8) is 0 Å². The van der Waals surface area contributed by atoms with Crippen molar-refractivity contribution in [3.05, 3.63) is 34.6 Å². The molecule has 2 aromatic rings. The highest BCUT2D eigenvalue weighted by Crippen LogP contribution is 2.16. The normalized spacial score (nSPS) is 11.1. The van der Waals surface area contributed by atoms with E-state index in [-0.39, 0.29) is 5.56 Å². The molecule has 0 aliphatic carbocycles. The van der Waals surface area contributed by atoms with Crippen LogP contribution in [0.4, 0.5) is 0 Å². The van der Waals surface area contributed by atoms with Crippen molar-refractivity contribution in [2.24, 2.45) is 0 Å². The van der Waals surface area contributed by atoms with Crippen molar-refractivity contribution in [1.82, 2.24) is 3.96 Å². The second kappa shape index (κ2) is 5.30. The molecular formula is C13H17NOS. The number of fused-ring (bicyclic) bond motifs is 1. The van der Waals surface area contributed by atoms with Gasteiger partial charge in [0.25, 0.3) is 5.56 Å². The van der Waals surface area contributed by atoms with Crippen molar-refractivity contribution in [3.8, 4) is 0 Å². The number of rotatable bonds is 5. The van der Waals surface area contributed by atoms with Gasteiger partial charge in [0.15, 0.2) is 0 Å². The zero-order chi connectivity index (χ0) is 11.4. The third kappa shape index (κ3) is 2.35. The van der Waals surface area contributed by atoms with Crippen LogP contribution >= 0.6 is 11.5 Å². The summed E-state index contributed by atoms with van der Waals surface area (Å²) in [5.41, 5.74) is 0.178. The number of unbranched alkanes of at least 4 members (excludes halogenated alkanes) is 3. The van der Waals surface area contributed by atoms with E-state index in [1.54, 1.807) is 11.5 Å². The third-order valence-electron chi connectivity index (χ3n) is 2.77. The maximum absolute atomic E-state index is 12.0. The Morgan fingerprint density at radius 2 is 2.00 bits per heavy atom. The molecule has 3 heteroatoms. The standard InChI is InChI=1S/C13H17NOS/c1-2-3-4-7-10-14-13(15)11-8-5-6-9-12(11)16-14/h5-6,8-9H,2-4,7,10H2,1H3. The molecule has 2 nitrogen and oxygen atoms in total. The Kier molecular flexibility index (Phi) is 3.78. The first-order chi connectivity index (χ1) is 7.83. The van der Waals surface area contributed by atoms with Gasteiger partial charge in [0, 0.05) is 6.54 Å². The summed E-state index contributed by atoms with van der Waals surface area (Å²) in [5.74, 6) is 0. The van der Waals surface area contributed by atoms with Crippen LogP contribution in [0.15, 0.2) is 29.1 Å². The van der Waals surface area contributed by atoms with Crippen molar-refractivity contribution in [2.45, 2.75) is 39.2 Å². The summed E-state index contributed by atoms with van der Waals surface area (Å²) < 4.78 is 2.99. The van der Waals surface area contributed by atoms with Crippen molar-refractivity contribution in [2.75, 3.05) is 0 Å². The van der Waals surface area contributed by atoms with Gasteiger partial charge in [0.2, 0.25) is 0 Å². The van der Waals surface area contributed by atoms with E-state index in [1.165, 1.54) is 19.3 Å². The zero-order valence-corrected chi connectivity index (χ0v) is 10.4. The number of aryl methyl sites for hydroxylation is 1. The van der Waals surface area contributed by atoms with Crippen molar-refractivity contribution in [1.29, 1.82) is 0 Å². The van der Waals surface area contributed by atoms with E-state index in [4.69, 9.17) is 0 Å². The van der Waals surface area contributed by atoms with Crippen LogP contribution in [0.5, 0.6) is 0 Å². The Morgan fingerprint density at radius 1 is 1.19 bits per heavy atom. The maximum Gasteiger partial charge on any atom is 0.268 e. The minimum Gasteiger partial charge on any atom is -0.268 e. The Labute approximate surface area is 99.7 Å². The number of hydrogen-bond acceptors (Lipinski definition) is 2. The van der Waals surface area contributed by atoms with E-state index in [1.807, 2.05) is 28.2 Å². The van der Waals surface area contributed by atoms with Gasteiger partial charge in [0.1, 0.15) is 0 Å². The predicted molar refractivity (Wildman–Crippen MR) is 70.2 cm³/mol. The highest BCUT2D eigenvalue weighted by atomic mass is 32.1. The molecule has 86 valence electrons. The minimum absolute atomic E-state index is 0.178. The van der Waals surface area contributed by atoms with Crippen molar-refractivity contribution >= 4 is 21.6 Å². The predicted octanol–water partition coefficient (Wildman–Crippen LogP) is 3.64. The molecule has 0 unspecified atom stereocenters. The van der Waals surface area contributed by atoms with Crippen LogP contribution in [0.3, 0.4) is 0 Å². The van der Waals surface area contributed by atoms with Crippen LogP contribution in [-0.4, -0.2) is 3.96 Å². The van der Waals surface area contributed by atoms with Gasteiger partial charge < -0.3 is 0 Å². The summed E-state index contributed by atoms with van der Waals surface area (Å²) in [4.78, 5) is 12.0. The zero-order valence-electron chi connectivity index (χ0n) is 9.61. The second-order valence-corrected chi connectivity index (χ2v) is 5.12. The molecule has 0 aliphatic rings. The molecule has 0 amide bonds. The summed E-state index contributed by atoms with van der Waals surface area (Å²) in [5, 5.41) is 0.864. The number of hydrogen-bond donors (Lipinski definition) is 0. The van der Waals surface area contributed by atoms with E-state index >= 15 is 0 Å². The fourth-order valence-corrected chi connectivity index (χ4v) is 2.88. The van der Waals surface area contributed by atoms with Crippen LogP contribution in [-0.2, 0) is 6.54 Å². The van der Waals surface area contributed by atoms with Crippen LogP contribution < -0.4 is 5.56 Å². The largest absolute Gasteiger partial charge is 0.268 e. The molecule has 0 saturated carbocycles. The molecule has 0 spiro atoms. The molecule has 0 radical (unpaired) electrons. The molecule has 0 saturated heterocycles. The van der Waals surface area contributed by atoms with Crippen LogP contribution in [0, 0.1) is 0 Å². The summed E-state index contributed by atoms with van der Waals surface area (Å²) in [6.45, 7) is 3.07. The van der Waals surface area contributed by atoms with Gasteiger partial charge >= 0.3 is 0 Å². The maximum atomic E-state index is 12.0. The van der Waals surface area contributed by atoms with Gasteiger partial charge in [-0.2, -0.15) is 0 Å². The molecule has 2 rings (SSSR count). The van der Waals surface area contributed by atoms with Crippen LogP contribution in [0.2, 0.25) is 0 Å². The lowest BCUT2D eigenvalue weighted by atomic mass is 10.2. The van der Waals surface area contributed by atoms with Gasteiger partial charge in [-0.25, -0.2) is 0 Å². The summed E-state index contributed by atoms with van der Waals surface area (Å²) in [7, 11) is 0. The van der Waals surface area contributed by atoms with E-state index < -0.39 is 0 Å². The monoisotopic (exact) mass is 235 g/mol. The number of nitrogens with zero attached hydrogens (tertiary/aromatic N) is 1. The van der Waals surface area contributed by atoms with E-state index in [2.05, 4.69) is 6.92 Å². The topological polar surface area (TPSA) is 22.0 Å². The van der Waals surface area contributed by atoms with Crippen molar-refractivity contribution < 1.29 is 0 Å². The molecule has 16 heavy (non-hydrogen) atoms. The fourth-order valence-electron chi connectivity index (χ4n) is 1.85. The quantitative estimate of drug-likeness (QED) is 0.725. The summed E-state index contributed by atoms with van der Waals surface area (Å²) >= 11 is 1.59. The first-order valence-electron chi connectivity index (χ1n) is 5.92. The lowest BCUT2D eigenvalue weighted by Gasteiger charge is -1.99. The average Bonchev–Trinajstić information content (AvgIpc) is 2.63. The highest BCUT2D eigenvalue weighted by molar-refractivity contribution is 7.13. The molecular weight excluding hydrogens is 218 g/mol. The number of benzene rings is 1. The van der Waals surface area contributed by atoms with Gasteiger partial charge in [0.05, 0.1) is 10.1 Å². The SMILES string of the molecule is CCCCCCn1sc2ccccc2c1=O. The molecule has 1 aromatic carbocycles. The molecule has 1 aromatic heterocycles. The van der Waals surface area contributed by atoms with Gasteiger partial charge in [-0.3, -0.25) is 8.75 Å². The van der Waals surface area contributed by atoms with E-state index in [9.17, 15) is 4.79 Å². The van der Waals surface area contributed by atoms with E-state index in [0.717, 1.165) is 23.1 Å². The molecule has 0 atom stereocenters. The van der Waals surface area contributed by atoms with Crippen LogP contribution in [0.1, 0.15) is 32.6 Å². The Hall–Kier alpha value is -1.09. The number of aromatic nitrogens is 1. The lowest BCUT2D eigenvalue weighted by Crippen LogP contribution is -2.12. The van der Waals surface area contributed by atoms with Gasteiger partial charge in [-0.1, -0.05) is 49.9 Å². The second-order valence-electron chi connectivity index (χ2n) is 4.06. The Bertz CT molecular complexity index is 512. The first kappa shape index (κ1) is 11.4. The fraction of sp³-hybridized carbons (Fsp3) is 0.462. The smallest absolute Gasteiger partial charge is 0.268 e. The lowest BCUT2D eigenvalue weighted by molar-refractivity contribution is 0.600. The molecule has 0 aliphatic heterocycles. The van der Waals surface area contributed by atoms with Crippen LogP contribution in [0.25, 0.3) is 10.1 Å². The molecule has 0 fully saturated rings. The average molecular weight is 235 g/mol. The minimum atomic E-state index is 0.178. The van der Waals surface area contributed by atoms with Gasteiger partial charge in [-0.15, -0.1) is 0 Å². The third-order valence-corrected chi connectivity index (χ3v) is 3.89. The first-order valence-corrected chi connectivity index (χ1v) is 6.69. The summed E-state index contributed by atoms with van der Waals surface area (Å²) in [6, 6.07) is 7.85. The molecule has 1 heterocycles. The summed E-state index contributed by atoms with van der Waals surface area (Å²) in [6.07, 6.45) is 4.83. The van der Waals surface area contributed by atoms with E-state index in [0.29, 0.717) is 0 Å². The molecule has 0 N–H and O–H groups in total. The van der Waals surface area contributed by atoms with Gasteiger partial charge in [-0.05, 0) is 18.6 Å². The molecule has 0 bridgehead atoms. The Balaban J connectivity index is 2.13.